The van der Waals surface area contributed by atoms with E-state index in [9.17, 15) is 19.5 Å². The summed E-state index contributed by atoms with van der Waals surface area (Å²) in [6, 6.07) is 5.04. The molecule has 2 aromatic rings. The topological polar surface area (TPSA) is 95.0 Å². The largest absolute Gasteiger partial charge is 0.548 e. The molecule has 1 aromatic heterocycles. The van der Waals surface area contributed by atoms with Crippen LogP contribution in [0.3, 0.4) is 0 Å². The quantitative estimate of drug-likeness (QED) is 0.766. The number of nitrogens with zero attached hydrogens (tertiary/aromatic N) is 1. The molecule has 6 heteroatoms. The van der Waals surface area contributed by atoms with Gasteiger partial charge in [0, 0.05) is 0 Å². The van der Waals surface area contributed by atoms with Crippen LogP contribution in [-0.2, 0) is 10.3 Å². The number of carboxylic acid groups (broad SMARTS) is 1. The van der Waals surface area contributed by atoms with Gasteiger partial charge < -0.3 is 14.9 Å². The number of aliphatic carboxylic acids is 1. The molecule has 1 N–H and O–H groups in total. The summed E-state index contributed by atoms with van der Waals surface area (Å²) in [6.07, 6.45) is 0.491. The van der Waals surface area contributed by atoms with Gasteiger partial charge >= 0.3 is 5.69 Å². The number of carbonyl (C=O) groups excluding carboxylic acids is 1. The van der Waals surface area contributed by atoms with Gasteiger partial charge in [-0.25, -0.2) is 9.36 Å². The molecule has 3 rings (SSSR count). The summed E-state index contributed by atoms with van der Waals surface area (Å²) in [5.41, 5.74) is -1.48. The second-order valence-corrected chi connectivity index (χ2v) is 4.94. The minimum atomic E-state index is -1.47. The Morgan fingerprint density at radius 2 is 2.05 bits per heavy atom. The fraction of sp³-hybridized carbons (Fsp3) is 0.308. The summed E-state index contributed by atoms with van der Waals surface area (Å²) >= 11 is 0. The van der Waals surface area contributed by atoms with Crippen LogP contribution >= 0.6 is 0 Å². The fourth-order valence-electron chi connectivity index (χ4n) is 2.35. The number of fused-ring (bicyclic) bond motifs is 1. The third kappa shape index (κ3) is 1.53. The van der Waals surface area contributed by atoms with Crippen molar-refractivity contribution in [1.29, 1.82) is 0 Å². The second-order valence-electron chi connectivity index (χ2n) is 4.94. The molecule has 1 aliphatic carbocycles. The number of rotatable bonds is 2. The smallest absolute Gasteiger partial charge is 0.329 e. The summed E-state index contributed by atoms with van der Waals surface area (Å²) in [5.74, 6) is -1.38. The normalized spacial score (nSPS) is 16.5. The fourth-order valence-corrected chi connectivity index (χ4v) is 2.35. The lowest BCUT2D eigenvalue weighted by molar-refractivity contribution is -0.312. The average Bonchev–Trinajstić information content (AvgIpc) is 3.12. The molecule has 1 aliphatic rings. The van der Waals surface area contributed by atoms with Crippen molar-refractivity contribution in [3.05, 3.63) is 44.6 Å². The zero-order valence-corrected chi connectivity index (χ0v) is 10.2. The lowest BCUT2D eigenvalue weighted by Gasteiger charge is -2.18. The first-order chi connectivity index (χ1) is 8.95. The number of carbonyl (C=O) groups is 1. The number of benzene rings is 1. The van der Waals surface area contributed by atoms with Crippen LogP contribution in [0.4, 0.5) is 0 Å². The van der Waals surface area contributed by atoms with Crippen molar-refractivity contribution in [3.8, 4) is 0 Å². The molecule has 0 bridgehead atoms. The Hall–Kier alpha value is -2.37. The second kappa shape index (κ2) is 3.57. The summed E-state index contributed by atoms with van der Waals surface area (Å²) in [6.45, 7) is 1.82. The maximum Gasteiger partial charge on any atom is 0.329 e. The zero-order valence-electron chi connectivity index (χ0n) is 10.2. The van der Waals surface area contributed by atoms with Gasteiger partial charge in [0.15, 0.2) is 0 Å². The monoisotopic (exact) mass is 259 g/mol. The highest BCUT2D eigenvalue weighted by molar-refractivity contribution is 5.81. The Kier molecular flexibility index (Phi) is 2.20. The first-order valence-electron chi connectivity index (χ1n) is 5.93. The Balaban J connectivity index is 2.42. The molecule has 0 spiro atoms. The third-order valence-corrected chi connectivity index (χ3v) is 3.58. The summed E-state index contributed by atoms with van der Waals surface area (Å²) in [4.78, 5) is 38.0. The van der Waals surface area contributed by atoms with Gasteiger partial charge in [0.25, 0.3) is 5.56 Å². The molecule has 0 unspecified atom stereocenters. The molecule has 0 radical (unpaired) electrons. The Bertz CT molecular complexity index is 811. The van der Waals surface area contributed by atoms with E-state index in [1.807, 2.05) is 6.92 Å². The zero-order chi connectivity index (χ0) is 13.8. The average molecular weight is 259 g/mol. The van der Waals surface area contributed by atoms with Gasteiger partial charge in [0.2, 0.25) is 0 Å². The van der Waals surface area contributed by atoms with Crippen molar-refractivity contribution < 1.29 is 9.90 Å². The van der Waals surface area contributed by atoms with Crippen LogP contribution < -0.4 is 16.4 Å². The van der Waals surface area contributed by atoms with Gasteiger partial charge in [-0.3, -0.25) is 4.79 Å². The number of nitrogens with one attached hydrogen (secondary N) is 1. The van der Waals surface area contributed by atoms with E-state index in [4.69, 9.17) is 0 Å². The van der Waals surface area contributed by atoms with Crippen molar-refractivity contribution in [2.24, 2.45) is 0 Å². The Morgan fingerprint density at radius 3 is 2.63 bits per heavy atom. The third-order valence-electron chi connectivity index (χ3n) is 3.58. The van der Waals surface area contributed by atoms with E-state index in [1.165, 1.54) is 0 Å². The van der Waals surface area contributed by atoms with Gasteiger partial charge in [-0.1, -0.05) is 11.6 Å². The number of carboxylic acids is 1. The van der Waals surface area contributed by atoms with Crippen LogP contribution in [0.25, 0.3) is 10.9 Å². The van der Waals surface area contributed by atoms with Gasteiger partial charge in [-0.2, -0.15) is 0 Å². The molecule has 0 atom stereocenters. The number of H-pyrrole nitrogens is 1. The molecule has 1 saturated carbocycles. The number of aromatic nitrogens is 2. The molecular formula is C13H11N2O4-. The lowest BCUT2D eigenvalue weighted by atomic mass is 10.1. The Labute approximate surface area is 107 Å². The minimum Gasteiger partial charge on any atom is -0.548 e. The molecule has 0 aliphatic heterocycles. The van der Waals surface area contributed by atoms with Gasteiger partial charge in [-0.05, 0) is 31.9 Å². The highest BCUT2D eigenvalue weighted by atomic mass is 16.4. The van der Waals surface area contributed by atoms with Gasteiger partial charge in [0.1, 0.15) is 0 Å². The number of aromatic amines is 1. The van der Waals surface area contributed by atoms with E-state index >= 15 is 0 Å². The van der Waals surface area contributed by atoms with E-state index in [0.717, 1.165) is 10.1 Å². The predicted molar refractivity (Wildman–Crippen MR) is 65.8 cm³/mol. The van der Waals surface area contributed by atoms with Gasteiger partial charge in [0.05, 0.1) is 22.4 Å². The molecule has 1 heterocycles. The van der Waals surface area contributed by atoms with E-state index in [0.29, 0.717) is 10.9 Å². The maximum absolute atomic E-state index is 12.3. The maximum atomic E-state index is 12.3. The van der Waals surface area contributed by atoms with Crippen molar-refractivity contribution in [2.45, 2.75) is 25.3 Å². The minimum absolute atomic E-state index is 0.246. The van der Waals surface area contributed by atoms with Crippen LogP contribution in [0.1, 0.15) is 18.4 Å². The lowest BCUT2D eigenvalue weighted by Crippen LogP contribution is -2.50. The number of aryl methyl sites for hydroxylation is 1. The molecule has 0 amide bonds. The standard InChI is InChI=1S/C13H12N2O4/c1-7-2-3-9-8(6-7)10(16)15(12(19)14-9)13(4-5-13)11(17)18/h2-3,6H,4-5H2,1H3,(H,14,19)(H,17,18)/p-1. The van der Waals surface area contributed by atoms with Crippen molar-refractivity contribution >= 4 is 16.9 Å². The van der Waals surface area contributed by atoms with E-state index in [1.54, 1.807) is 18.2 Å². The molecule has 19 heavy (non-hydrogen) atoms. The van der Waals surface area contributed by atoms with Crippen LogP contribution in [0, 0.1) is 6.92 Å². The van der Waals surface area contributed by atoms with Crippen LogP contribution in [0.5, 0.6) is 0 Å². The van der Waals surface area contributed by atoms with E-state index in [-0.39, 0.29) is 12.8 Å². The Morgan fingerprint density at radius 1 is 1.37 bits per heavy atom. The van der Waals surface area contributed by atoms with Crippen LogP contribution in [0.15, 0.2) is 27.8 Å². The molecular weight excluding hydrogens is 248 g/mol. The first-order valence-corrected chi connectivity index (χ1v) is 5.93. The van der Waals surface area contributed by atoms with Crippen molar-refractivity contribution in [2.75, 3.05) is 0 Å². The van der Waals surface area contributed by atoms with Crippen LogP contribution in [0.2, 0.25) is 0 Å². The van der Waals surface area contributed by atoms with Crippen LogP contribution in [-0.4, -0.2) is 15.5 Å². The van der Waals surface area contributed by atoms with E-state index < -0.39 is 22.8 Å². The molecule has 1 aromatic carbocycles. The predicted octanol–water partition coefficient (Wildman–Crippen LogP) is -0.763. The van der Waals surface area contributed by atoms with Crippen molar-refractivity contribution in [1.82, 2.24) is 9.55 Å². The van der Waals surface area contributed by atoms with Crippen molar-refractivity contribution in [3.63, 3.8) is 0 Å². The summed E-state index contributed by atoms with van der Waals surface area (Å²) < 4.78 is 0.782. The summed E-state index contributed by atoms with van der Waals surface area (Å²) in [5, 5.41) is 11.5. The highest BCUT2D eigenvalue weighted by Crippen LogP contribution is 2.41. The molecule has 98 valence electrons. The highest BCUT2D eigenvalue weighted by Gasteiger charge is 2.48. The molecule has 6 nitrogen and oxygen atoms in total. The first kappa shape index (κ1) is 11.7. The number of hydrogen-bond acceptors (Lipinski definition) is 4. The number of hydrogen-bond donors (Lipinski definition) is 1. The SMILES string of the molecule is Cc1ccc2[nH]c(=O)n(C3(C(=O)[O-])CC3)c(=O)c2c1. The van der Waals surface area contributed by atoms with E-state index in [2.05, 4.69) is 4.98 Å². The molecule has 0 saturated heterocycles. The summed E-state index contributed by atoms with van der Waals surface area (Å²) in [7, 11) is 0. The van der Waals surface area contributed by atoms with Gasteiger partial charge in [-0.15, -0.1) is 0 Å². The molecule has 1 fully saturated rings.